The highest BCUT2D eigenvalue weighted by molar-refractivity contribution is 6.31. The fraction of sp³-hybridized carbons (Fsp3) is 0.385. The van der Waals surface area contributed by atoms with Gasteiger partial charge in [0.15, 0.2) is 5.82 Å². The van der Waals surface area contributed by atoms with Crippen LogP contribution in [0.3, 0.4) is 0 Å². The molecule has 0 aliphatic heterocycles. The second kappa shape index (κ2) is 4.81. The lowest BCUT2D eigenvalue weighted by Gasteiger charge is -2.26. The van der Waals surface area contributed by atoms with Crippen molar-refractivity contribution in [3.8, 4) is 0 Å². The van der Waals surface area contributed by atoms with Crippen LogP contribution in [-0.2, 0) is 4.79 Å². The molecular weight excluding hydrogens is 273 g/mol. The molecule has 19 heavy (non-hydrogen) atoms. The van der Waals surface area contributed by atoms with Crippen LogP contribution in [0.1, 0.15) is 30.1 Å². The largest absolute Gasteiger partial charge is 0.480 e. The monoisotopic (exact) mass is 285 g/mol. The summed E-state index contributed by atoms with van der Waals surface area (Å²) in [7, 11) is 0. The maximum absolute atomic E-state index is 13.7. The minimum absolute atomic E-state index is 0.115. The first-order valence-electron chi connectivity index (χ1n) is 5.86. The summed E-state index contributed by atoms with van der Waals surface area (Å²) in [6, 6.07) is 4.03. The minimum atomic E-state index is -1.37. The number of halogens is 2. The molecule has 0 radical (unpaired) electrons. The van der Waals surface area contributed by atoms with Crippen molar-refractivity contribution >= 4 is 23.5 Å². The Hall–Kier alpha value is -1.62. The van der Waals surface area contributed by atoms with E-state index < -0.39 is 23.2 Å². The highest BCUT2D eigenvalue weighted by atomic mass is 35.5. The van der Waals surface area contributed by atoms with Crippen LogP contribution >= 0.6 is 11.6 Å². The number of carbonyl (C=O) groups excluding carboxylic acids is 1. The van der Waals surface area contributed by atoms with Gasteiger partial charge in [-0.1, -0.05) is 17.7 Å². The van der Waals surface area contributed by atoms with E-state index in [4.69, 9.17) is 11.6 Å². The number of carbonyl (C=O) groups is 2. The van der Waals surface area contributed by atoms with Crippen LogP contribution in [-0.4, -0.2) is 22.5 Å². The van der Waals surface area contributed by atoms with Crippen molar-refractivity contribution in [2.24, 2.45) is 5.92 Å². The molecule has 6 heteroatoms. The molecule has 102 valence electrons. The predicted molar refractivity (Wildman–Crippen MR) is 67.6 cm³/mol. The van der Waals surface area contributed by atoms with Gasteiger partial charge >= 0.3 is 5.97 Å². The average Bonchev–Trinajstić information content (AvgIpc) is 3.16. The van der Waals surface area contributed by atoms with Crippen molar-refractivity contribution < 1.29 is 19.1 Å². The van der Waals surface area contributed by atoms with Crippen LogP contribution in [0.25, 0.3) is 0 Å². The summed E-state index contributed by atoms with van der Waals surface area (Å²) in [6.07, 6.45) is 1.47. The topological polar surface area (TPSA) is 66.4 Å². The van der Waals surface area contributed by atoms with E-state index in [0.29, 0.717) is 0 Å². The zero-order chi connectivity index (χ0) is 14.2. The second-order valence-corrected chi connectivity index (χ2v) is 5.24. The maximum Gasteiger partial charge on any atom is 0.329 e. The zero-order valence-corrected chi connectivity index (χ0v) is 11.0. The standard InChI is InChI=1S/C13H13ClFNO3/c1-13(12(18)19,7-5-6-7)16-11(17)8-3-2-4-9(14)10(8)15/h2-4,7H,5-6H2,1H3,(H,16,17)(H,18,19). The van der Waals surface area contributed by atoms with E-state index >= 15 is 0 Å². The normalized spacial score (nSPS) is 17.6. The van der Waals surface area contributed by atoms with Gasteiger partial charge in [-0.15, -0.1) is 0 Å². The van der Waals surface area contributed by atoms with Crippen LogP contribution in [0.5, 0.6) is 0 Å². The quantitative estimate of drug-likeness (QED) is 0.893. The molecule has 0 spiro atoms. The molecule has 1 saturated carbocycles. The Morgan fingerprint density at radius 1 is 1.47 bits per heavy atom. The fourth-order valence-corrected chi connectivity index (χ4v) is 2.15. The van der Waals surface area contributed by atoms with Gasteiger partial charge in [-0.05, 0) is 37.8 Å². The summed E-state index contributed by atoms with van der Waals surface area (Å²) in [4.78, 5) is 23.3. The van der Waals surface area contributed by atoms with Crippen molar-refractivity contribution in [3.05, 3.63) is 34.6 Å². The van der Waals surface area contributed by atoms with E-state index in [1.54, 1.807) is 0 Å². The van der Waals surface area contributed by atoms with Gasteiger partial charge in [-0.25, -0.2) is 9.18 Å². The molecule has 1 unspecified atom stereocenters. The lowest BCUT2D eigenvalue weighted by atomic mass is 9.95. The molecule has 1 aromatic rings. The van der Waals surface area contributed by atoms with E-state index in [2.05, 4.69) is 5.32 Å². The van der Waals surface area contributed by atoms with E-state index in [0.717, 1.165) is 12.8 Å². The van der Waals surface area contributed by atoms with Gasteiger partial charge in [-0.2, -0.15) is 0 Å². The van der Waals surface area contributed by atoms with Gasteiger partial charge in [-0.3, -0.25) is 4.79 Å². The zero-order valence-electron chi connectivity index (χ0n) is 10.2. The van der Waals surface area contributed by atoms with Crippen molar-refractivity contribution in [3.63, 3.8) is 0 Å². The lowest BCUT2D eigenvalue weighted by Crippen LogP contribution is -2.54. The smallest absolute Gasteiger partial charge is 0.329 e. The Kier molecular flexibility index (Phi) is 3.49. The third kappa shape index (κ3) is 2.56. The third-order valence-corrected chi connectivity index (χ3v) is 3.70. The number of hydrogen-bond acceptors (Lipinski definition) is 2. The van der Waals surface area contributed by atoms with Crippen LogP contribution in [0.2, 0.25) is 5.02 Å². The summed E-state index contributed by atoms with van der Waals surface area (Å²) in [5.74, 6) is -2.84. The molecule has 2 rings (SSSR count). The SMILES string of the molecule is CC(NC(=O)c1cccc(Cl)c1F)(C(=O)O)C1CC1. The molecule has 1 fully saturated rings. The maximum atomic E-state index is 13.7. The highest BCUT2D eigenvalue weighted by Crippen LogP contribution is 2.40. The first kappa shape index (κ1) is 13.8. The Bertz CT molecular complexity index is 545. The van der Waals surface area contributed by atoms with Gasteiger partial charge in [0.25, 0.3) is 5.91 Å². The summed E-state index contributed by atoms with van der Waals surface area (Å²) in [5.41, 5.74) is -1.62. The van der Waals surface area contributed by atoms with Crippen molar-refractivity contribution in [2.45, 2.75) is 25.3 Å². The fourth-order valence-electron chi connectivity index (χ4n) is 1.97. The molecule has 1 aromatic carbocycles. The van der Waals surface area contributed by atoms with Crippen molar-refractivity contribution in [2.75, 3.05) is 0 Å². The number of rotatable bonds is 4. The number of hydrogen-bond donors (Lipinski definition) is 2. The molecule has 2 N–H and O–H groups in total. The van der Waals surface area contributed by atoms with Crippen LogP contribution in [0.15, 0.2) is 18.2 Å². The van der Waals surface area contributed by atoms with E-state index in [-0.39, 0.29) is 16.5 Å². The summed E-state index contributed by atoms with van der Waals surface area (Å²) in [5, 5.41) is 11.5. The lowest BCUT2D eigenvalue weighted by molar-refractivity contribution is -0.144. The van der Waals surface area contributed by atoms with Gasteiger partial charge < -0.3 is 10.4 Å². The third-order valence-electron chi connectivity index (χ3n) is 3.41. The molecule has 1 aliphatic rings. The molecular formula is C13H13ClFNO3. The molecule has 0 saturated heterocycles. The van der Waals surface area contributed by atoms with Gasteiger partial charge in [0, 0.05) is 0 Å². The number of benzene rings is 1. The Morgan fingerprint density at radius 3 is 2.63 bits per heavy atom. The number of carboxylic acid groups (broad SMARTS) is 1. The van der Waals surface area contributed by atoms with Crippen LogP contribution in [0.4, 0.5) is 4.39 Å². The van der Waals surface area contributed by atoms with Gasteiger partial charge in [0.05, 0.1) is 10.6 Å². The van der Waals surface area contributed by atoms with E-state index in [1.165, 1.54) is 25.1 Å². The summed E-state index contributed by atoms with van der Waals surface area (Å²) in [6.45, 7) is 1.44. The molecule has 1 atom stereocenters. The van der Waals surface area contributed by atoms with Crippen molar-refractivity contribution in [1.29, 1.82) is 0 Å². The molecule has 0 bridgehead atoms. The number of carboxylic acids is 1. The minimum Gasteiger partial charge on any atom is -0.480 e. The molecule has 0 aromatic heterocycles. The molecule has 1 aliphatic carbocycles. The second-order valence-electron chi connectivity index (χ2n) is 4.84. The molecule has 1 amide bonds. The number of nitrogens with one attached hydrogen (secondary N) is 1. The number of aliphatic carboxylic acids is 1. The van der Waals surface area contributed by atoms with E-state index in [9.17, 15) is 19.1 Å². The average molecular weight is 286 g/mol. The Morgan fingerprint density at radius 2 is 2.11 bits per heavy atom. The van der Waals surface area contributed by atoms with E-state index in [1.807, 2.05) is 0 Å². The molecule has 0 heterocycles. The predicted octanol–water partition coefficient (Wildman–Crippen LogP) is 2.46. The van der Waals surface area contributed by atoms with Crippen molar-refractivity contribution in [1.82, 2.24) is 5.32 Å². The Balaban J connectivity index is 2.25. The van der Waals surface area contributed by atoms with Crippen LogP contribution in [0, 0.1) is 11.7 Å². The first-order valence-corrected chi connectivity index (χ1v) is 6.24. The highest BCUT2D eigenvalue weighted by Gasteiger charge is 2.48. The van der Waals surface area contributed by atoms with Gasteiger partial charge in [0.1, 0.15) is 5.54 Å². The van der Waals surface area contributed by atoms with Gasteiger partial charge in [0.2, 0.25) is 0 Å². The Labute approximate surface area is 114 Å². The number of amides is 1. The molecule has 4 nitrogen and oxygen atoms in total. The van der Waals surface area contributed by atoms with Crippen LogP contribution < -0.4 is 5.32 Å². The summed E-state index contributed by atoms with van der Waals surface area (Å²) < 4.78 is 13.7. The summed E-state index contributed by atoms with van der Waals surface area (Å²) >= 11 is 5.60. The first-order chi connectivity index (χ1) is 8.86.